The van der Waals surface area contributed by atoms with Gasteiger partial charge in [-0.25, -0.2) is 9.37 Å². The van der Waals surface area contributed by atoms with E-state index < -0.39 is 22.1 Å². The van der Waals surface area contributed by atoms with Gasteiger partial charge in [-0.05, 0) is 42.5 Å². The van der Waals surface area contributed by atoms with Crippen LogP contribution >= 0.6 is 0 Å². The van der Waals surface area contributed by atoms with Crippen LogP contribution in [0.4, 0.5) is 4.39 Å². The molecule has 1 amide bonds. The van der Waals surface area contributed by atoms with Gasteiger partial charge in [0.25, 0.3) is 5.91 Å². The number of pyridine rings is 1. The number of hydrogen-bond donors (Lipinski definition) is 1. The van der Waals surface area contributed by atoms with Gasteiger partial charge < -0.3 is 9.50 Å². The van der Waals surface area contributed by atoms with Gasteiger partial charge in [0.1, 0.15) is 11.5 Å². The molecule has 178 valence electrons. The van der Waals surface area contributed by atoms with Crippen molar-refractivity contribution in [3.63, 3.8) is 0 Å². The number of carbonyl (C=O) groups is 1. The van der Waals surface area contributed by atoms with Crippen LogP contribution in [0.5, 0.6) is 5.75 Å². The number of carbonyl (C=O) groups excluding carboxylic acids is 1. The highest BCUT2D eigenvalue weighted by molar-refractivity contribution is 7.86. The summed E-state index contributed by atoms with van der Waals surface area (Å²) in [6.07, 6.45) is 2.74. The molecule has 3 aromatic carbocycles. The van der Waals surface area contributed by atoms with Gasteiger partial charge in [-0.1, -0.05) is 60.7 Å². The van der Waals surface area contributed by atoms with Gasteiger partial charge in [0.15, 0.2) is 5.75 Å². The highest BCUT2D eigenvalue weighted by atomic mass is 32.2. The van der Waals surface area contributed by atoms with Crippen LogP contribution in [0.15, 0.2) is 78.9 Å². The molecule has 1 heterocycles. The first-order chi connectivity index (χ1) is 16.8. The lowest BCUT2D eigenvalue weighted by Crippen LogP contribution is -2.31. The Morgan fingerprint density at radius 1 is 1.03 bits per heavy atom. The van der Waals surface area contributed by atoms with Crippen LogP contribution < -0.4 is 9.50 Å². The van der Waals surface area contributed by atoms with Crippen LogP contribution in [0.3, 0.4) is 0 Å². The SMILES string of the molecule is CS(=O)(=O)Oc1c(-c2ccccc2)nc2ccccc2c1C(=O)NC(c1cccc(F)c1)C1CC1. The Morgan fingerprint density at radius 2 is 1.74 bits per heavy atom. The third-order valence-electron chi connectivity index (χ3n) is 5.94. The van der Waals surface area contributed by atoms with Crippen molar-refractivity contribution < 1.29 is 21.8 Å². The summed E-state index contributed by atoms with van der Waals surface area (Å²) in [4.78, 5) is 18.5. The lowest BCUT2D eigenvalue weighted by Gasteiger charge is -2.21. The van der Waals surface area contributed by atoms with E-state index in [4.69, 9.17) is 4.18 Å². The second-order valence-electron chi connectivity index (χ2n) is 8.68. The molecule has 1 aliphatic carbocycles. The Labute approximate surface area is 202 Å². The third-order valence-corrected chi connectivity index (χ3v) is 6.41. The lowest BCUT2D eigenvalue weighted by atomic mass is 9.99. The molecule has 1 aliphatic rings. The maximum absolute atomic E-state index is 14.0. The molecular weight excluding hydrogens is 467 g/mol. The van der Waals surface area contributed by atoms with Crippen LogP contribution in [0.1, 0.15) is 34.8 Å². The minimum Gasteiger partial charge on any atom is -0.379 e. The van der Waals surface area contributed by atoms with E-state index in [1.165, 1.54) is 12.1 Å². The minimum absolute atomic E-state index is 0.0712. The number of nitrogens with one attached hydrogen (secondary N) is 1. The average molecular weight is 491 g/mol. The number of benzene rings is 3. The first kappa shape index (κ1) is 23.0. The van der Waals surface area contributed by atoms with E-state index in [9.17, 15) is 17.6 Å². The molecule has 1 N–H and O–H groups in total. The monoisotopic (exact) mass is 490 g/mol. The number of aromatic nitrogens is 1. The fourth-order valence-corrected chi connectivity index (χ4v) is 4.73. The summed E-state index contributed by atoms with van der Waals surface area (Å²) < 4.78 is 43.9. The summed E-state index contributed by atoms with van der Waals surface area (Å²) in [6, 6.07) is 21.7. The molecule has 0 radical (unpaired) electrons. The highest BCUT2D eigenvalue weighted by Crippen LogP contribution is 2.42. The zero-order chi connectivity index (χ0) is 24.6. The summed E-state index contributed by atoms with van der Waals surface area (Å²) in [7, 11) is -3.99. The van der Waals surface area contributed by atoms with Gasteiger partial charge in [-0.3, -0.25) is 4.79 Å². The minimum atomic E-state index is -3.99. The average Bonchev–Trinajstić information content (AvgIpc) is 3.67. The van der Waals surface area contributed by atoms with E-state index >= 15 is 0 Å². The normalized spacial score (nSPS) is 14.5. The van der Waals surface area contributed by atoms with Crippen molar-refractivity contribution in [2.75, 3.05) is 6.26 Å². The smallest absolute Gasteiger partial charge is 0.306 e. The van der Waals surface area contributed by atoms with Crippen LogP contribution in [0.2, 0.25) is 0 Å². The second kappa shape index (κ2) is 9.11. The molecule has 1 fully saturated rings. The lowest BCUT2D eigenvalue weighted by molar-refractivity contribution is 0.0931. The Hall–Kier alpha value is -3.78. The molecule has 6 nitrogen and oxygen atoms in total. The fourth-order valence-electron chi connectivity index (χ4n) is 4.26. The number of amides is 1. The predicted molar refractivity (Wildman–Crippen MR) is 132 cm³/mol. The van der Waals surface area contributed by atoms with Crippen LogP contribution in [0, 0.1) is 11.7 Å². The Bertz CT molecular complexity index is 1520. The van der Waals surface area contributed by atoms with E-state index in [1.807, 2.05) is 6.07 Å². The number of rotatable bonds is 7. The first-order valence-corrected chi connectivity index (χ1v) is 13.1. The van der Waals surface area contributed by atoms with Crippen molar-refractivity contribution in [3.8, 4) is 17.0 Å². The van der Waals surface area contributed by atoms with Gasteiger partial charge in [0.2, 0.25) is 0 Å². The Kier molecular flexibility index (Phi) is 5.98. The third kappa shape index (κ3) is 5.02. The molecule has 1 atom stereocenters. The van der Waals surface area contributed by atoms with Crippen molar-refractivity contribution in [1.29, 1.82) is 0 Å². The van der Waals surface area contributed by atoms with Crippen molar-refractivity contribution in [2.45, 2.75) is 18.9 Å². The van der Waals surface area contributed by atoms with Gasteiger partial charge >= 0.3 is 10.1 Å². The van der Waals surface area contributed by atoms with Crippen molar-refractivity contribution in [3.05, 3.63) is 95.8 Å². The molecule has 35 heavy (non-hydrogen) atoms. The molecule has 4 aromatic rings. The molecule has 1 unspecified atom stereocenters. The zero-order valence-corrected chi connectivity index (χ0v) is 19.8. The summed E-state index contributed by atoms with van der Waals surface area (Å²) in [6.45, 7) is 0. The van der Waals surface area contributed by atoms with Crippen LogP contribution in [-0.2, 0) is 10.1 Å². The molecule has 0 spiro atoms. The maximum Gasteiger partial charge on any atom is 0.306 e. The molecular formula is C27H23FN2O4S. The first-order valence-electron chi connectivity index (χ1n) is 11.2. The topological polar surface area (TPSA) is 85.4 Å². The maximum atomic E-state index is 14.0. The van der Waals surface area contributed by atoms with Gasteiger partial charge in [0, 0.05) is 10.9 Å². The molecule has 1 aromatic heterocycles. The van der Waals surface area contributed by atoms with Crippen molar-refractivity contribution in [2.24, 2.45) is 5.92 Å². The highest BCUT2D eigenvalue weighted by Gasteiger charge is 2.35. The van der Waals surface area contributed by atoms with E-state index in [1.54, 1.807) is 60.7 Å². The van der Waals surface area contributed by atoms with E-state index in [0.29, 0.717) is 22.0 Å². The summed E-state index contributed by atoms with van der Waals surface area (Å²) in [5.41, 5.74) is 2.10. The van der Waals surface area contributed by atoms with Crippen LogP contribution in [0.25, 0.3) is 22.2 Å². The molecule has 1 saturated carbocycles. The molecule has 8 heteroatoms. The quantitative estimate of drug-likeness (QED) is 0.357. The van der Waals surface area contributed by atoms with Gasteiger partial charge in [-0.2, -0.15) is 8.42 Å². The predicted octanol–water partition coefficient (Wildman–Crippen LogP) is 5.26. The number of nitrogens with zero attached hydrogens (tertiary/aromatic N) is 1. The summed E-state index contributed by atoms with van der Waals surface area (Å²) in [5.74, 6) is -0.866. The number of halogens is 1. The Morgan fingerprint density at radius 3 is 2.43 bits per heavy atom. The summed E-state index contributed by atoms with van der Waals surface area (Å²) in [5, 5.41) is 3.48. The number of para-hydroxylation sites is 1. The summed E-state index contributed by atoms with van der Waals surface area (Å²) >= 11 is 0. The number of hydrogen-bond acceptors (Lipinski definition) is 5. The molecule has 5 rings (SSSR count). The molecule has 0 saturated heterocycles. The second-order valence-corrected chi connectivity index (χ2v) is 10.3. The molecule has 0 aliphatic heterocycles. The van der Waals surface area contributed by atoms with Crippen LogP contribution in [-0.4, -0.2) is 25.6 Å². The van der Waals surface area contributed by atoms with Gasteiger partial charge in [-0.15, -0.1) is 0 Å². The van der Waals surface area contributed by atoms with E-state index in [-0.39, 0.29) is 28.7 Å². The zero-order valence-electron chi connectivity index (χ0n) is 18.9. The standard InChI is InChI=1S/C27H23FN2O4S/c1-35(32,33)34-26-23(27(31)30-24(18-14-15-18)19-10-7-11-20(28)16-19)21-12-5-6-13-22(21)29-25(26)17-8-3-2-4-9-17/h2-13,16,18,24H,14-15H2,1H3,(H,30,31). The fraction of sp³-hybridized carbons (Fsp3) is 0.185. The van der Waals surface area contributed by atoms with Gasteiger partial charge in [0.05, 0.1) is 23.4 Å². The molecule has 0 bridgehead atoms. The Balaban J connectivity index is 1.69. The van der Waals surface area contributed by atoms with E-state index in [2.05, 4.69) is 10.3 Å². The van der Waals surface area contributed by atoms with Crippen molar-refractivity contribution >= 4 is 26.9 Å². The number of fused-ring (bicyclic) bond motifs is 1. The van der Waals surface area contributed by atoms with E-state index in [0.717, 1.165) is 19.1 Å². The largest absolute Gasteiger partial charge is 0.379 e. The van der Waals surface area contributed by atoms with Crippen molar-refractivity contribution in [1.82, 2.24) is 10.3 Å².